The Morgan fingerprint density at radius 3 is 2.85 bits per heavy atom. The molecule has 1 atom stereocenters. The van der Waals surface area contributed by atoms with Gasteiger partial charge in [-0.3, -0.25) is 9.59 Å². The zero-order chi connectivity index (χ0) is 17.9. The first-order chi connectivity index (χ1) is 12.7. The number of esters is 1. The van der Waals surface area contributed by atoms with Crippen molar-refractivity contribution in [2.24, 2.45) is 5.92 Å². The molecule has 1 aliphatic rings. The Morgan fingerprint density at radius 2 is 1.96 bits per heavy atom. The molecule has 26 heavy (non-hydrogen) atoms. The number of anilines is 1. The van der Waals surface area contributed by atoms with Crippen molar-refractivity contribution < 1.29 is 18.7 Å². The molecule has 0 saturated carbocycles. The average molecular weight is 349 g/mol. The van der Waals surface area contributed by atoms with Gasteiger partial charge in [-0.05, 0) is 36.6 Å². The molecule has 0 saturated heterocycles. The van der Waals surface area contributed by atoms with Gasteiger partial charge in [-0.1, -0.05) is 36.4 Å². The van der Waals surface area contributed by atoms with E-state index >= 15 is 0 Å². The van der Waals surface area contributed by atoms with E-state index in [0.29, 0.717) is 18.6 Å². The summed E-state index contributed by atoms with van der Waals surface area (Å²) < 4.78 is 10.9. The van der Waals surface area contributed by atoms with Crippen molar-refractivity contribution >= 4 is 28.5 Å². The van der Waals surface area contributed by atoms with E-state index in [9.17, 15) is 9.59 Å². The second-order valence-electron chi connectivity index (χ2n) is 6.50. The van der Waals surface area contributed by atoms with Gasteiger partial charge in [0.25, 0.3) is 0 Å². The van der Waals surface area contributed by atoms with Gasteiger partial charge >= 0.3 is 5.97 Å². The van der Waals surface area contributed by atoms with Crippen molar-refractivity contribution in [2.45, 2.75) is 25.9 Å². The number of ether oxygens (including phenoxy) is 1. The Balaban J connectivity index is 1.29. The molecular formula is C21H19NO4. The summed E-state index contributed by atoms with van der Waals surface area (Å²) in [7, 11) is 0. The quantitative estimate of drug-likeness (QED) is 0.705. The van der Waals surface area contributed by atoms with E-state index in [2.05, 4.69) is 5.32 Å². The van der Waals surface area contributed by atoms with Gasteiger partial charge in [-0.25, -0.2) is 0 Å². The lowest BCUT2D eigenvalue weighted by atomic mass is 9.90. The molecule has 132 valence electrons. The fraction of sp³-hybridized carbons (Fsp3) is 0.238. The lowest BCUT2D eigenvalue weighted by molar-refractivity contribution is -0.145. The van der Waals surface area contributed by atoms with Crippen LogP contribution in [0.25, 0.3) is 11.0 Å². The van der Waals surface area contributed by atoms with E-state index in [0.717, 1.165) is 22.2 Å². The Kier molecular flexibility index (Phi) is 4.44. The third-order valence-corrected chi connectivity index (χ3v) is 4.66. The molecule has 0 aliphatic carbocycles. The summed E-state index contributed by atoms with van der Waals surface area (Å²) in [6.45, 7) is 0.104. The first-order valence-electron chi connectivity index (χ1n) is 8.71. The Morgan fingerprint density at radius 1 is 1.15 bits per heavy atom. The standard InChI is InChI=1S/C21H19NO4/c23-20(25-13-17-12-15-6-2-4-8-19(15)26-17)10-9-16-11-14-5-1-3-7-18(14)22-21(16)24/h1-8,12,16H,9-11,13H2,(H,22,24). The average Bonchev–Trinajstić information content (AvgIpc) is 3.07. The van der Waals surface area contributed by atoms with Crippen LogP contribution >= 0.6 is 0 Å². The summed E-state index contributed by atoms with van der Waals surface area (Å²) in [5.41, 5.74) is 2.74. The molecule has 1 N–H and O–H groups in total. The zero-order valence-electron chi connectivity index (χ0n) is 14.2. The number of furan rings is 1. The molecule has 1 aromatic heterocycles. The van der Waals surface area contributed by atoms with Crippen molar-refractivity contribution in [1.82, 2.24) is 0 Å². The highest BCUT2D eigenvalue weighted by Crippen LogP contribution is 2.27. The normalized spacial score (nSPS) is 16.2. The molecule has 4 rings (SSSR count). The number of amides is 1. The van der Waals surface area contributed by atoms with E-state index in [1.165, 1.54) is 0 Å². The number of nitrogens with one attached hydrogen (secondary N) is 1. The molecule has 5 heteroatoms. The third-order valence-electron chi connectivity index (χ3n) is 4.66. The first-order valence-corrected chi connectivity index (χ1v) is 8.71. The van der Waals surface area contributed by atoms with Crippen LogP contribution in [0.5, 0.6) is 0 Å². The van der Waals surface area contributed by atoms with Crippen LogP contribution in [-0.2, 0) is 27.4 Å². The highest BCUT2D eigenvalue weighted by Gasteiger charge is 2.26. The van der Waals surface area contributed by atoms with Crippen LogP contribution in [0.1, 0.15) is 24.2 Å². The minimum absolute atomic E-state index is 0.0335. The summed E-state index contributed by atoms with van der Waals surface area (Å²) in [5, 5.41) is 3.88. The van der Waals surface area contributed by atoms with Crippen LogP contribution in [0.2, 0.25) is 0 Å². The summed E-state index contributed by atoms with van der Waals surface area (Å²) in [4.78, 5) is 24.2. The largest absolute Gasteiger partial charge is 0.457 e. The van der Waals surface area contributed by atoms with Crippen molar-refractivity contribution in [3.8, 4) is 0 Å². The molecule has 1 amide bonds. The fourth-order valence-corrected chi connectivity index (χ4v) is 3.27. The Hall–Kier alpha value is -3.08. The summed E-state index contributed by atoms with van der Waals surface area (Å²) >= 11 is 0. The van der Waals surface area contributed by atoms with E-state index in [1.54, 1.807) is 0 Å². The van der Waals surface area contributed by atoms with Gasteiger partial charge in [-0.15, -0.1) is 0 Å². The second-order valence-corrected chi connectivity index (χ2v) is 6.50. The second kappa shape index (κ2) is 7.04. The first kappa shape index (κ1) is 16.4. The Bertz CT molecular complexity index is 926. The number of rotatable bonds is 5. The molecule has 3 aromatic rings. The SMILES string of the molecule is O=C(CCC1Cc2ccccc2NC1=O)OCc1cc2ccccc2o1. The molecule has 0 spiro atoms. The predicted molar refractivity (Wildman–Crippen MR) is 97.5 cm³/mol. The molecule has 1 unspecified atom stereocenters. The fourth-order valence-electron chi connectivity index (χ4n) is 3.27. The van der Waals surface area contributed by atoms with E-state index in [1.807, 2.05) is 54.6 Å². The maximum absolute atomic E-state index is 12.2. The number of hydrogen-bond donors (Lipinski definition) is 1. The molecule has 0 fully saturated rings. The van der Waals surface area contributed by atoms with Gasteiger partial charge in [0.1, 0.15) is 18.0 Å². The molecule has 5 nitrogen and oxygen atoms in total. The van der Waals surface area contributed by atoms with Crippen LogP contribution < -0.4 is 5.32 Å². The maximum atomic E-state index is 12.2. The minimum Gasteiger partial charge on any atom is -0.457 e. The summed E-state index contributed by atoms with van der Waals surface area (Å²) in [6.07, 6.45) is 1.33. The molecule has 2 aromatic carbocycles. The van der Waals surface area contributed by atoms with E-state index in [-0.39, 0.29) is 30.8 Å². The monoisotopic (exact) mass is 349 g/mol. The van der Waals surface area contributed by atoms with Crippen LogP contribution in [0.3, 0.4) is 0 Å². The molecule has 2 heterocycles. The van der Waals surface area contributed by atoms with Crippen molar-refractivity contribution in [3.63, 3.8) is 0 Å². The van der Waals surface area contributed by atoms with Gasteiger partial charge < -0.3 is 14.5 Å². The number of para-hydroxylation sites is 2. The molecule has 0 radical (unpaired) electrons. The summed E-state index contributed by atoms with van der Waals surface area (Å²) in [5.74, 6) is 0.0541. The number of hydrogen-bond acceptors (Lipinski definition) is 4. The van der Waals surface area contributed by atoms with Gasteiger partial charge in [0.15, 0.2) is 0 Å². The van der Waals surface area contributed by atoms with Crippen molar-refractivity contribution in [3.05, 3.63) is 65.9 Å². The topological polar surface area (TPSA) is 68.5 Å². The number of benzene rings is 2. The van der Waals surface area contributed by atoms with Crippen LogP contribution in [0.4, 0.5) is 5.69 Å². The van der Waals surface area contributed by atoms with Crippen LogP contribution in [0.15, 0.2) is 59.0 Å². The predicted octanol–water partition coefficient (Wildman–Crippen LogP) is 4.07. The van der Waals surface area contributed by atoms with Crippen LogP contribution in [-0.4, -0.2) is 11.9 Å². The lowest BCUT2D eigenvalue weighted by Gasteiger charge is -2.24. The molecule has 1 aliphatic heterocycles. The number of carbonyl (C=O) groups is 2. The van der Waals surface area contributed by atoms with Gasteiger partial charge in [-0.2, -0.15) is 0 Å². The zero-order valence-corrected chi connectivity index (χ0v) is 14.2. The highest BCUT2D eigenvalue weighted by atomic mass is 16.5. The van der Waals surface area contributed by atoms with E-state index in [4.69, 9.17) is 9.15 Å². The van der Waals surface area contributed by atoms with Gasteiger partial charge in [0.2, 0.25) is 5.91 Å². The van der Waals surface area contributed by atoms with Gasteiger partial charge in [0, 0.05) is 23.4 Å². The summed E-state index contributed by atoms with van der Waals surface area (Å²) in [6, 6.07) is 17.3. The third kappa shape index (κ3) is 3.47. The van der Waals surface area contributed by atoms with Crippen molar-refractivity contribution in [1.29, 1.82) is 0 Å². The smallest absolute Gasteiger partial charge is 0.306 e. The highest BCUT2D eigenvalue weighted by molar-refractivity contribution is 5.95. The lowest BCUT2D eigenvalue weighted by Crippen LogP contribution is -2.30. The Labute approximate surface area is 150 Å². The number of carbonyl (C=O) groups excluding carboxylic acids is 2. The molecular weight excluding hydrogens is 330 g/mol. The van der Waals surface area contributed by atoms with Gasteiger partial charge in [0.05, 0.1) is 0 Å². The molecule has 0 bridgehead atoms. The van der Waals surface area contributed by atoms with E-state index < -0.39 is 0 Å². The minimum atomic E-state index is -0.322. The number of fused-ring (bicyclic) bond motifs is 2. The van der Waals surface area contributed by atoms with Crippen LogP contribution in [0, 0.1) is 5.92 Å². The van der Waals surface area contributed by atoms with Crippen molar-refractivity contribution in [2.75, 3.05) is 5.32 Å². The maximum Gasteiger partial charge on any atom is 0.306 e.